The van der Waals surface area contributed by atoms with E-state index < -0.39 is 0 Å². The molecular formula is C13H9Br2FO. The van der Waals surface area contributed by atoms with E-state index in [1.807, 2.05) is 24.3 Å². The van der Waals surface area contributed by atoms with Crippen LogP contribution in [0.4, 0.5) is 4.39 Å². The first-order valence-electron chi connectivity index (χ1n) is 4.97. The van der Waals surface area contributed by atoms with Crippen molar-refractivity contribution < 1.29 is 9.13 Å². The first kappa shape index (κ1) is 12.6. The third-order valence-electron chi connectivity index (χ3n) is 2.21. The molecule has 0 fully saturated rings. The first-order chi connectivity index (χ1) is 8.15. The van der Waals surface area contributed by atoms with Crippen molar-refractivity contribution in [2.45, 2.75) is 6.61 Å². The van der Waals surface area contributed by atoms with E-state index in [0.29, 0.717) is 16.8 Å². The molecule has 0 spiro atoms. The summed E-state index contributed by atoms with van der Waals surface area (Å²) >= 11 is 6.46. The maximum absolute atomic E-state index is 13.2. The largest absolute Gasteiger partial charge is 0.489 e. The van der Waals surface area contributed by atoms with E-state index in [-0.39, 0.29) is 5.82 Å². The van der Waals surface area contributed by atoms with Crippen molar-refractivity contribution in [3.8, 4) is 5.75 Å². The van der Waals surface area contributed by atoms with Gasteiger partial charge in [0.2, 0.25) is 0 Å². The zero-order valence-electron chi connectivity index (χ0n) is 8.79. The van der Waals surface area contributed by atoms with E-state index in [0.717, 1.165) is 10.0 Å². The Morgan fingerprint density at radius 1 is 1.00 bits per heavy atom. The second-order valence-electron chi connectivity index (χ2n) is 3.49. The van der Waals surface area contributed by atoms with Crippen molar-refractivity contribution >= 4 is 31.9 Å². The fourth-order valence-electron chi connectivity index (χ4n) is 1.31. The lowest BCUT2D eigenvalue weighted by Gasteiger charge is -2.07. The zero-order valence-corrected chi connectivity index (χ0v) is 12.0. The number of ether oxygens (including phenoxy) is 1. The van der Waals surface area contributed by atoms with Gasteiger partial charge in [0.1, 0.15) is 18.2 Å². The van der Waals surface area contributed by atoms with E-state index in [9.17, 15) is 4.39 Å². The first-order valence-corrected chi connectivity index (χ1v) is 6.56. The highest BCUT2D eigenvalue weighted by Gasteiger charge is 2.01. The van der Waals surface area contributed by atoms with Crippen LogP contribution in [0.2, 0.25) is 0 Å². The van der Waals surface area contributed by atoms with Crippen LogP contribution in [0.25, 0.3) is 0 Å². The molecule has 0 unspecified atom stereocenters. The van der Waals surface area contributed by atoms with Crippen molar-refractivity contribution in [2.24, 2.45) is 0 Å². The van der Waals surface area contributed by atoms with Crippen LogP contribution in [0.5, 0.6) is 5.75 Å². The maximum atomic E-state index is 13.2. The Bertz CT molecular complexity index is 511. The Balaban J connectivity index is 2.02. The number of hydrogen-bond acceptors (Lipinski definition) is 1. The second-order valence-corrected chi connectivity index (χ2v) is 5.26. The van der Waals surface area contributed by atoms with Crippen molar-refractivity contribution in [1.82, 2.24) is 0 Å². The van der Waals surface area contributed by atoms with Gasteiger partial charge in [-0.3, -0.25) is 0 Å². The lowest BCUT2D eigenvalue weighted by molar-refractivity contribution is 0.304. The van der Waals surface area contributed by atoms with Crippen molar-refractivity contribution in [3.05, 3.63) is 62.8 Å². The molecule has 0 saturated carbocycles. The highest BCUT2D eigenvalue weighted by atomic mass is 79.9. The van der Waals surface area contributed by atoms with Gasteiger partial charge < -0.3 is 4.74 Å². The molecule has 1 nitrogen and oxygen atoms in total. The van der Waals surface area contributed by atoms with Gasteiger partial charge in [-0.1, -0.05) is 28.1 Å². The fraction of sp³-hybridized carbons (Fsp3) is 0.0769. The normalized spacial score (nSPS) is 10.3. The molecule has 0 aliphatic carbocycles. The lowest BCUT2D eigenvalue weighted by Crippen LogP contribution is -1.95. The highest BCUT2D eigenvalue weighted by Crippen LogP contribution is 2.21. The fourth-order valence-corrected chi connectivity index (χ4v) is 1.82. The van der Waals surface area contributed by atoms with Crippen LogP contribution >= 0.6 is 31.9 Å². The molecule has 0 amide bonds. The van der Waals surface area contributed by atoms with Gasteiger partial charge in [-0.2, -0.15) is 0 Å². The molecule has 0 aromatic heterocycles. The molecule has 0 saturated heterocycles. The molecule has 0 radical (unpaired) electrons. The topological polar surface area (TPSA) is 9.23 Å². The van der Waals surface area contributed by atoms with Gasteiger partial charge in [-0.15, -0.1) is 0 Å². The molecule has 0 heterocycles. The quantitative estimate of drug-likeness (QED) is 0.754. The van der Waals surface area contributed by atoms with Crippen LogP contribution in [-0.2, 0) is 6.61 Å². The third kappa shape index (κ3) is 3.54. The van der Waals surface area contributed by atoms with E-state index in [4.69, 9.17) is 4.74 Å². The van der Waals surface area contributed by atoms with E-state index in [1.165, 1.54) is 6.07 Å². The van der Waals surface area contributed by atoms with Crippen molar-refractivity contribution in [2.75, 3.05) is 0 Å². The van der Waals surface area contributed by atoms with E-state index in [1.54, 1.807) is 12.1 Å². The van der Waals surface area contributed by atoms with Gasteiger partial charge in [0.25, 0.3) is 0 Å². The molecule has 0 aliphatic heterocycles. The molecule has 17 heavy (non-hydrogen) atoms. The Hall–Kier alpha value is -0.870. The summed E-state index contributed by atoms with van der Waals surface area (Å²) in [5.74, 6) is 0.201. The molecule has 0 N–H and O–H groups in total. The molecule has 88 valence electrons. The standard InChI is InChI=1S/C13H9Br2FO/c14-10-3-1-9(2-4-10)8-17-11-5-6-12(15)13(16)7-11/h1-7H,8H2. The summed E-state index contributed by atoms with van der Waals surface area (Å²) in [5, 5.41) is 0. The van der Waals surface area contributed by atoms with E-state index in [2.05, 4.69) is 31.9 Å². The highest BCUT2D eigenvalue weighted by molar-refractivity contribution is 9.10. The summed E-state index contributed by atoms with van der Waals surface area (Å²) in [6.45, 7) is 0.425. The molecule has 0 bridgehead atoms. The van der Waals surface area contributed by atoms with Crippen LogP contribution in [0.15, 0.2) is 51.4 Å². The molecule has 0 atom stereocenters. The van der Waals surface area contributed by atoms with Crippen LogP contribution in [0.1, 0.15) is 5.56 Å². The third-order valence-corrected chi connectivity index (χ3v) is 3.38. The van der Waals surface area contributed by atoms with Crippen LogP contribution in [0.3, 0.4) is 0 Å². The summed E-state index contributed by atoms with van der Waals surface area (Å²) in [6.07, 6.45) is 0. The number of rotatable bonds is 3. The SMILES string of the molecule is Fc1cc(OCc2ccc(Br)cc2)ccc1Br. The summed E-state index contributed by atoms with van der Waals surface area (Å²) in [5.41, 5.74) is 1.04. The number of hydrogen-bond donors (Lipinski definition) is 0. The Labute approximate surface area is 116 Å². The van der Waals surface area contributed by atoms with Gasteiger partial charge in [-0.25, -0.2) is 4.39 Å². The van der Waals surface area contributed by atoms with Crippen LogP contribution < -0.4 is 4.74 Å². The van der Waals surface area contributed by atoms with Crippen molar-refractivity contribution in [1.29, 1.82) is 0 Å². The summed E-state index contributed by atoms with van der Waals surface area (Å²) in [6, 6.07) is 12.5. The summed E-state index contributed by atoms with van der Waals surface area (Å²) < 4.78 is 20.2. The molecular weight excluding hydrogens is 351 g/mol. The predicted octanol–water partition coefficient (Wildman–Crippen LogP) is 4.93. The van der Waals surface area contributed by atoms with Gasteiger partial charge in [-0.05, 0) is 45.8 Å². The van der Waals surface area contributed by atoms with Crippen LogP contribution in [0, 0.1) is 5.82 Å². The van der Waals surface area contributed by atoms with Gasteiger partial charge in [0.05, 0.1) is 4.47 Å². The minimum atomic E-state index is -0.321. The Morgan fingerprint density at radius 3 is 2.35 bits per heavy atom. The van der Waals surface area contributed by atoms with Gasteiger partial charge in [0, 0.05) is 10.5 Å². The summed E-state index contributed by atoms with van der Waals surface area (Å²) in [7, 11) is 0. The minimum absolute atomic E-state index is 0.321. The van der Waals surface area contributed by atoms with Gasteiger partial charge in [0.15, 0.2) is 0 Å². The summed E-state index contributed by atoms with van der Waals surface area (Å²) in [4.78, 5) is 0. The lowest BCUT2D eigenvalue weighted by atomic mass is 10.2. The number of benzene rings is 2. The molecule has 4 heteroatoms. The van der Waals surface area contributed by atoms with Gasteiger partial charge >= 0.3 is 0 Å². The Morgan fingerprint density at radius 2 is 1.71 bits per heavy atom. The zero-order chi connectivity index (χ0) is 12.3. The molecule has 2 aromatic carbocycles. The maximum Gasteiger partial charge on any atom is 0.141 e. The second kappa shape index (κ2) is 5.65. The monoisotopic (exact) mass is 358 g/mol. The van der Waals surface area contributed by atoms with Crippen LogP contribution in [-0.4, -0.2) is 0 Å². The predicted molar refractivity (Wildman–Crippen MR) is 72.6 cm³/mol. The van der Waals surface area contributed by atoms with Crippen molar-refractivity contribution in [3.63, 3.8) is 0 Å². The smallest absolute Gasteiger partial charge is 0.141 e. The molecule has 0 aliphatic rings. The Kier molecular flexibility index (Phi) is 4.18. The molecule has 2 aromatic rings. The average molecular weight is 360 g/mol. The average Bonchev–Trinajstić information content (AvgIpc) is 2.33. The molecule has 2 rings (SSSR count). The van der Waals surface area contributed by atoms with E-state index >= 15 is 0 Å². The minimum Gasteiger partial charge on any atom is -0.489 e. The number of halogens is 3.